The molecule has 0 amide bonds. The Balaban J connectivity index is 1.63. The van der Waals surface area contributed by atoms with Gasteiger partial charge in [0.2, 0.25) is 0 Å². The Morgan fingerprint density at radius 2 is 1.95 bits per heavy atom. The Hall–Kier alpha value is -3.79. The third-order valence-electron chi connectivity index (χ3n) is 6.23. The summed E-state index contributed by atoms with van der Waals surface area (Å²) in [5.41, 5.74) is -1.09. The monoisotopic (exact) mass is 525 g/mol. The number of hydrogen-bond donors (Lipinski definition) is 0. The van der Waals surface area contributed by atoms with E-state index in [2.05, 4.69) is 9.72 Å². The standard InChI is InChI=1S/C24H21F6N5O2/c1-13-11-34(12-14-3-5-16(9-17(14)25)37-24(28,29)30)7-8-35(13)21-19(22(26)27)23(36)33(2)18-6-4-15(10-31)32-20(18)21/h3-6,9,13,22H,7-8,11-12H2,1-2H3/t13-/m0/s1. The van der Waals surface area contributed by atoms with Crippen molar-refractivity contribution >= 4 is 16.7 Å². The van der Waals surface area contributed by atoms with E-state index in [0.717, 1.165) is 10.6 Å². The lowest BCUT2D eigenvalue weighted by Crippen LogP contribution is -2.52. The quantitative estimate of drug-likeness (QED) is 0.457. The second-order valence-electron chi connectivity index (χ2n) is 8.68. The number of fused-ring (bicyclic) bond motifs is 1. The van der Waals surface area contributed by atoms with Crippen molar-refractivity contribution in [2.75, 3.05) is 24.5 Å². The Morgan fingerprint density at radius 3 is 2.54 bits per heavy atom. The van der Waals surface area contributed by atoms with E-state index >= 15 is 0 Å². The van der Waals surface area contributed by atoms with Crippen LogP contribution in [0.2, 0.25) is 0 Å². The van der Waals surface area contributed by atoms with Crippen molar-refractivity contribution in [1.82, 2.24) is 14.5 Å². The zero-order valence-electron chi connectivity index (χ0n) is 19.7. The predicted molar refractivity (Wildman–Crippen MR) is 122 cm³/mol. The Labute approximate surface area is 207 Å². The molecule has 4 rings (SSSR count). The Kier molecular flexibility index (Phi) is 7.05. The third kappa shape index (κ3) is 5.34. The molecule has 1 aliphatic heterocycles. The minimum Gasteiger partial charge on any atom is -0.406 e. The fraction of sp³-hybridized carbons (Fsp3) is 0.375. The summed E-state index contributed by atoms with van der Waals surface area (Å²) >= 11 is 0. The highest BCUT2D eigenvalue weighted by molar-refractivity contribution is 5.91. The molecule has 2 aromatic heterocycles. The van der Waals surface area contributed by atoms with Crippen LogP contribution in [0.25, 0.3) is 11.0 Å². The van der Waals surface area contributed by atoms with Crippen molar-refractivity contribution in [3.8, 4) is 11.8 Å². The number of rotatable bonds is 5. The molecule has 1 aromatic carbocycles. The van der Waals surface area contributed by atoms with E-state index in [0.29, 0.717) is 11.6 Å². The number of ether oxygens (including phenoxy) is 1. The number of benzene rings is 1. The molecule has 0 spiro atoms. The number of halogens is 6. The van der Waals surface area contributed by atoms with Crippen molar-refractivity contribution in [2.24, 2.45) is 7.05 Å². The molecule has 196 valence electrons. The van der Waals surface area contributed by atoms with Gasteiger partial charge in [-0.1, -0.05) is 6.07 Å². The summed E-state index contributed by atoms with van der Waals surface area (Å²) in [5, 5.41) is 9.28. The van der Waals surface area contributed by atoms with E-state index in [9.17, 15) is 36.4 Å². The number of anilines is 1. The van der Waals surface area contributed by atoms with Crippen molar-refractivity contribution in [3.05, 3.63) is 63.3 Å². The smallest absolute Gasteiger partial charge is 0.406 e. The minimum atomic E-state index is -4.94. The molecule has 0 bridgehead atoms. The molecule has 0 saturated carbocycles. The molecular weight excluding hydrogens is 504 g/mol. The van der Waals surface area contributed by atoms with Gasteiger partial charge in [-0.2, -0.15) is 5.26 Å². The molecule has 1 saturated heterocycles. The normalized spacial score (nSPS) is 16.9. The van der Waals surface area contributed by atoms with Crippen molar-refractivity contribution in [1.29, 1.82) is 5.26 Å². The summed E-state index contributed by atoms with van der Waals surface area (Å²) in [5.74, 6) is -1.55. The fourth-order valence-corrected chi connectivity index (χ4v) is 4.57. The van der Waals surface area contributed by atoms with Gasteiger partial charge in [-0.15, -0.1) is 13.2 Å². The van der Waals surface area contributed by atoms with Crippen LogP contribution in [0.1, 0.15) is 30.2 Å². The number of aryl methyl sites for hydroxylation is 1. The third-order valence-corrected chi connectivity index (χ3v) is 6.23. The highest BCUT2D eigenvalue weighted by atomic mass is 19.4. The molecule has 1 atom stereocenters. The molecule has 7 nitrogen and oxygen atoms in total. The molecule has 13 heteroatoms. The van der Waals surface area contributed by atoms with Gasteiger partial charge >= 0.3 is 6.36 Å². The van der Waals surface area contributed by atoms with Crippen LogP contribution in [0.3, 0.4) is 0 Å². The topological polar surface area (TPSA) is 74.4 Å². The van der Waals surface area contributed by atoms with Crippen molar-refractivity contribution in [2.45, 2.75) is 32.3 Å². The van der Waals surface area contributed by atoms with Gasteiger partial charge in [0.15, 0.2) is 0 Å². The zero-order valence-corrected chi connectivity index (χ0v) is 19.7. The fourth-order valence-electron chi connectivity index (χ4n) is 4.57. The van der Waals surface area contributed by atoms with Gasteiger partial charge in [-0.25, -0.2) is 18.2 Å². The molecule has 37 heavy (non-hydrogen) atoms. The maximum Gasteiger partial charge on any atom is 0.573 e. The maximum atomic E-state index is 14.4. The number of piperazine rings is 1. The van der Waals surface area contributed by atoms with Crippen LogP contribution in [0, 0.1) is 17.1 Å². The lowest BCUT2D eigenvalue weighted by atomic mass is 10.1. The summed E-state index contributed by atoms with van der Waals surface area (Å²) < 4.78 is 84.7. The van der Waals surface area contributed by atoms with Crippen LogP contribution in [0.15, 0.2) is 35.1 Å². The van der Waals surface area contributed by atoms with Crippen LogP contribution in [0.4, 0.5) is 32.0 Å². The number of hydrogen-bond acceptors (Lipinski definition) is 6. The summed E-state index contributed by atoms with van der Waals surface area (Å²) in [6.07, 6.45) is -8.04. The first-order chi connectivity index (χ1) is 17.4. The van der Waals surface area contributed by atoms with Crippen LogP contribution in [-0.2, 0) is 13.6 Å². The summed E-state index contributed by atoms with van der Waals surface area (Å²) in [7, 11) is 1.36. The molecule has 1 fully saturated rings. The first kappa shape index (κ1) is 26.3. The molecule has 0 radical (unpaired) electrons. The largest absolute Gasteiger partial charge is 0.573 e. The molecule has 3 aromatic rings. The van der Waals surface area contributed by atoms with Crippen LogP contribution >= 0.6 is 0 Å². The first-order valence-electron chi connectivity index (χ1n) is 11.1. The van der Waals surface area contributed by atoms with Crippen LogP contribution < -0.4 is 15.2 Å². The molecule has 3 heterocycles. The number of alkyl halides is 5. The molecule has 1 aliphatic rings. The number of nitrogens with zero attached hydrogens (tertiary/aromatic N) is 5. The van der Waals surface area contributed by atoms with E-state index < -0.39 is 41.5 Å². The summed E-state index contributed by atoms with van der Waals surface area (Å²) in [6.45, 7) is 2.54. The van der Waals surface area contributed by atoms with Crippen LogP contribution in [-0.4, -0.2) is 46.5 Å². The average Bonchev–Trinajstić information content (AvgIpc) is 2.82. The van der Waals surface area contributed by atoms with Gasteiger partial charge in [-0.3, -0.25) is 9.69 Å². The first-order valence-corrected chi connectivity index (χ1v) is 11.1. The lowest BCUT2D eigenvalue weighted by Gasteiger charge is -2.42. The molecule has 0 aliphatic carbocycles. The molecule has 0 unspecified atom stereocenters. The van der Waals surface area contributed by atoms with E-state index in [4.69, 9.17) is 0 Å². The number of aromatic nitrogens is 2. The van der Waals surface area contributed by atoms with E-state index in [1.54, 1.807) is 11.8 Å². The minimum absolute atomic E-state index is 0.00679. The highest BCUT2D eigenvalue weighted by Crippen LogP contribution is 2.35. The van der Waals surface area contributed by atoms with Gasteiger partial charge in [-0.05, 0) is 25.1 Å². The second kappa shape index (κ2) is 9.93. The summed E-state index contributed by atoms with van der Waals surface area (Å²) in [6, 6.07) is 7.21. The van der Waals surface area contributed by atoms with Crippen molar-refractivity contribution < 1.29 is 31.1 Å². The van der Waals surface area contributed by atoms with E-state index in [1.807, 2.05) is 11.0 Å². The SMILES string of the molecule is C[C@H]1CN(Cc2ccc(OC(F)(F)F)cc2F)CCN1c1c(C(F)F)c(=O)n(C)c2ccc(C#N)nc12. The van der Waals surface area contributed by atoms with Crippen LogP contribution in [0.5, 0.6) is 5.75 Å². The second-order valence-corrected chi connectivity index (χ2v) is 8.68. The summed E-state index contributed by atoms with van der Waals surface area (Å²) in [4.78, 5) is 20.5. The van der Waals surface area contributed by atoms with E-state index in [-0.39, 0.29) is 48.6 Å². The highest BCUT2D eigenvalue weighted by Gasteiger charge is 2.33. The van der Waals surface area contributed by atoms with Gasteiger partial charge < -0.3 is 14.2 Å². The average molecular weight is 525 g/mol. The Bertz CT molecular complexity index is 1430. The van der Waals surface area contributed by atoms with Gasteiger partial charge in [0.05, 0.1) is 11.2 Å². The predicted octanol–water partition coefficient (Wildman–Crippen LogP) is 4.49. The lowest BCUT2D eigenvalue weighted by molar-refractivity contribution is -0.274. The van der Waals surface area contributed by atoms with Gasteiger partial charge in [0, 0.05) is 50.9 Å². The number of pyridine rings is 2. The molecule has 0 N–H and O–H groups in total. The maximum absolute atomic E-state index is 14.4. The van der Waals surface area contributed by atoms with Gasteiger partial charge in [0.25, 0.3) is 12.0 Å². The molecular formula is C24H21F6N5O2. The van der Waals surface area contributed by atoms with Gasteiger partial charge in [0.1, 0.15) is 34.4 Å². The van der Waals surface area contributed by atoms with Crippen molar-refractivity contribution in [3.63, 3.8) is 0 Å². The number of nitriles is 1. The zero-order chi connectivity index (χ0) is 27.1. The van der Waals surface area contributed by atoms with E-state index in [1.165, 1.54) is 25.2 Å². The Morgan fingerprint density at radius 1 is 1.22 bits per heavy atom.